The molecule has 17 nitrogen and oxygen atoms in total. The summed E-state index contributed by atoms with van der Waals surface area (Å²) in [6.07, 6.45) is 3.39. The molecule has 1 aromatic rings. The number of hydrogen-bond donors (Lipinski definition) is 10. The van der Waals surface area contributed by atoms with Crippen molar-refractivity contribution in [2.75, 3.05) is 13.1 Å². The monoisotopic (exact) mass is 554 g/mol. The van der Waals surface area contributed by atoms with E-state index in [1.807, 2.05) is 0 Å². The number of nitrogens with one attached hydrogen (secondary N) is 4. The van der Waals surface area contributed by atoms with Gasteiger partial charge in [0, 0.05) is 24.9 Å². The Balaban J connectivity index is 2.94. The Hall–Kier alpha value is -4.25. The first-order valence-electron chi connectivity index (χ1n) is 12.3. The van der Waals surface area contributed by atoms with Crippen LogP contribution in [0.3, 0.4) is 0 Å². The van der Waals surface area contributed by atoms with E-state index in [4.69, 9.17) is 22.9 Å². The predicted octanol–water partition coefficient (Wildman–Crippen LogP) is -3.52. The molecule has 1 heterocycles. The van der Waals surface area contributed by atoms with Crippen molar-refractivity contribution in [2.45, 2.75) is 69.1 Å². The molecule has 39 heavy (non-hydrogen) atoms. The number of aromatic nitrogens is 2. The van der Waals surface area contributed by atoms with Gasteiger partial charge in [-0.05, 0) is 38.6 Å². The highest BCUT2D eigenvalue weighted by atomic mass is 16.4. The molecule has 0 aliphatic heterocycles. The molecule has 0 aliphatic rings. The molecule has 17 heteroatoms. The van der Waals surface area contributed by atoms with Crippen molar-refractivity contribution in [1.82, 2.24) is 25.9 Å². The molecular formula is C22H38N10O7. The second-order valence-corrected chi connectivity index (χ2v) is 8.74. The van der Waals surface area contributed by atoms with Crippen LogP contribution in [0.1, 0.15) is 44.2 Å². The zero-order valence-corrected chi connectivity index (χ0v) is 21.5. The van der Waals surface area contributed by atoms with Crippen molar-refractivity contribution in [2.24, 2.45) is 27.9 Å². The van der Waals surface area contributed by atoms with Crippen LogP contribution < -0.4 is 38.9 Å². The minimum absolute atomic E-state index is 0.00718. The smallest absolute Gasteiger partial charge is 0.326 e. The van der Waals surface area contributed by atoms with Crippen LogP contribution in [0.2, 0.25) is 0 Å². The van der Waals surface area contributed by atoms with Gasteiger partial charge in [-0.25, -0.2) is 9.78 Å². The van der Waals surface area contributed by atoms with Crippen LogP contribution >= 0.6 is 0 Å². The number of H-pyrrole nitrogens is 1. The Labute approximate surface area is 224 Å². The van der Waals surface area contributed by atoms with E-state index in [1.54, 1.807) is 0 Å². The number of guanidine groups is 1. The molecule has 14 N–H and O–H groups in total. The van der Waals surface area contributed by atoms with Crippen LogP contribution in [0.4, 0.5) is 0 Å². The first-order chi connectivity index (χ1) is 18.4. The molecule has 3 amide bonds. The lowest BCUT2D eigenvalue weighted by Crippen LogP contribution is -2.57. The fraction of sp³-hybridized carbons (Fsp3) is 0.591. The summed E-state index contributed by atoms with van der Waals surface area (Å²) in [5.74, 6) is -5.38. The maximum absolute atomic E-state index is 13.0. The lowest BCUT2D eigenvalue weighted by Gasteiger charge is -2.24. The maximum atomic E-state index is 13.0. The molecule has 4 atom stereocenters. The normalized spacial score (nSPS) is 13.8. The number of carboxylic acid groups (broad SMARTS) is 2. The average molecular weight is 555 g/mol. The Morgan fingerprint density at radius 1 is 0.923 bits per heavy atom. The summed E-state index contributed by atoms with van der Waals surface area (Å²) < 4.78 is 0. The molecule has 0 saturated heterocycles. The van der Waals surface area contributed by atoms with Crippen molar-refractivity contribution in [1.29, 1.82) is 0 Å². The van der Waals surface area contributed by atoms with E-state index in [0.29, 0.717) is 25.1 Å². The molecule has 0 saturated carbocycles. The first kappa shape index (κ1) is 32.8. The highest BCUT2D eigenvalue weighted by Gasteiger charge is 2.31. The number of carbonyl (C=O) groups is 5. The summed E-state index contributed by atoms with van der Waals surface area (Å²) in [5.41, 5.74) is 22.4. The standard InChI is InChI=1S/C22H38N10O7/c23-6-2-1-4-14(19(36)31-15(21(38)39)5-3-7-28-22(25)26)30-20(37)16(9-17(33)34)32-18(35)13(24)8-12-10-27-11-29-12/h10-11,13-16H,1-9,23-24H2,(H,27,29)(H,30,37)(H,31,36)(H,32,35)(H,33,34)(H,38,39)(H4,25,26,28). The largest absolute Gasteiger partial charge is 0.481 e. The number of carbonyl (C=O) groups excluding carboxylic acids is 3. The minimum Gasteiger partial charge on any atom is -0.481 e. The van der Waals surface area contributed by atoms with Crippen LogP contribution in [0.25, 0.3) is 0 Å². The lowest BCUT2D eigenvalue weighted by molar-refractivity contribution is -0.143. The summed E-state index contributed by atoms with van der Waals surface area (Å²) >= 11 is 0. The number of amides is 3. The zero-order chi connectivity index (χ0) is 29.4. The minimum atomic E-state index is -1.55. The van der Waals surface area contributed by atoms with Crippen molar-refractivity contribution >= 4 is 35.6 Å². The molecule has 0 bridgehead atoms. The van der Waals surface area contributed by atoms with Gasteiger partial charge in [-0.15, -0.1) is 0 Å². The number of nitrogens with zero attached hydrogens (tertiary/aromatic N) is 2. The average Bonchev–Trinajstić information content (AvgIpc) is 3.37. The van der Waals surface area contributed by atoms with Crippen molar-refractivity contribution in [3.8, 4) is 0 Å². The number of nitrogens with two attached hydrogens (primary N) is 4. The summed E-state index contributed by atoms with van der Waals surface area (Å²) in [6, 6.07) is -5.19. The number of aliphatic imine (C=N–C) groups is 1. The van der Waals surface area contributed by atoms with Gasteiger partial charge in [-0.3, -0.25) is 24.2 Å². The van der Waals surface area contributed by atoms with E-state index in [2.05, 4.69) is 30.9 Å². The molecule has 1 rings (SSSR count). The molecule has 0 aromatic carbocycles. The maximum Gasteiger partial charge on any atom is 0.326 e. The van der Waals surface area contributed by atoms with Crippen LogP contribution in [0, 0.1) is 0 Å². The van der Waals surface area contributed by atoms with Gasteiger partial charge in [-0.2, -0.15) is 0 Å². The van der Waals surface area contributed by atoms with Crippen LogP contribution in [-0.2, 0) is 30.4 Å². The van der Waals surface area contributed by atoms with Gasteiger partial charge in [0.2, 0.25) is 17.7 Å². The number of imidazole rings is 1. The number of aliphatic carboxylic acids is 2. The molecule has 218 valence electrons. The van der Waals surface area contributed by atoms with Gasteiger partial charge in [0.25, 0.3) is 0 Å². The molecule has 0 aliphatic carbocycles. The van der Waals surface area contributed by atoms with E-state index in [0.717, 1.165) is 0 Å². The lowest BCUT2D eigenvalue weighted by atomic mass is 10.1. The van der Waals surface area contributed by atoms with E-state index in [9.17, 15) is 34.2 Å². The molecule has 0 spiro atoms. The zero-order valence-electron chi connectivity index (χ0n) is 21.5. The van der Waals surface area contributed by atoms with Gasteiger partial charge in [0.15, 0.2) is 5.96 Å². The second kappa shape index (κ2) is 17.3. The van der Waals surface area contributed by atoms with Gasteiger partial charge in [0.05, 0.1) is 18.8 Å². The van der Waals surface area contributed by atoms with Gasteiger partial charge in [-0.1, -0.05) is 0 Å². The molecular weight excluding hydrogens is 516 g/mol. The Morgan fingerprint density at radius 3 is 2.10 bits per heavy atom. The van der Waals surface area contributed by atoms with Crippen LogP contribution in [0.15, 0.2) is 17.5 Å². The first-order valence-corrected chi connectivity index (χ1v) is 12.3. The Bertz CT molecular complexity index is 982. The topological polar surface area (TPSA) is 307 Å². The fourth-order valence-corrected chi connectivity index (χ4v) is 3.46. The van der Waals surface area contributed by atoms with Crippen LogP contribution in [-0.4, -0.2) is 93.1 Å². The van der Waals surface area contributed by atoms with E-state index < -0.39 is 60.2 Å². The molecule has 0 radical (unpaired) electrons. The number of hydrogen-bond acceptors (Lipinski definition) is 9. The van der Waals surface area contributed by atoms with E-state index in [1.165, 1.54) is 12.5 Å². The van der Waals surface area contributed by atoms with Crippen molar-refractivity contribution < 1.29 is 34.2 Å². The second-order valence-electron chi connectivity index (χ2n) is 8.74. The van der Waals surface area contributed by atoms with Gasteiger partial charge < -0.3 is 54.1 Å². The number of rotatable bonds is 19. The third kappa shape index (κ3) is 13.2. The third-order valence-corrected chi connectivity index (χ3v) is 5.48. The summed E-state index contributed by atoms with van der Waals surface area (Å²) in [6.45, 7) is 0.467. The fourth-order valence-electron chi connectivity index (χ4n) is 3.46. The molecule has 1 aromatic heterocycles. The van der Waals surface area contributed by atoms with Crippen molar-refractivity contribution in [3.05, 3.63) is 18.2 Å². The molecule has 0 fully saturated rings. The number of unbranched alkanes of at least 4 members (excludes halogenated alkanes) is 1. The number of aromatic amines is 1. The summed E-state index contributed by atoms with van der Waals surface area (Å²) in [5, 5.41) is 25.9. The van der Waals surface area contributed by atoms with Gasteiger partial charge in [0.1, 0.15) is 18.1 Å². The third-order valence-electron chi connectivity index (χ3n) is 5.48. The highest BCUT2D eigenvalue weighted by Crippen LogP contribution is 2.06. The summed E-state index contributed by atoms with van der Waals surface area (Å²) in [4.78, 5) is 71.9. The Morgan fingerprint density at radius 2 is 1.54 bits per heavy atom. The number of carboxylic acids is 2. The van der Waals surface area contributed by atoms with Gasteiger partial charge >= 0.3 is 11.9 Å². The SMILES string of the molecule is NCCCCC(NC(=O)C(CC(=O)O)NC(=O)C(N)Cc1cnc[nH]1)C(=O)NC(CCCN=C(N)N)C(=O)O. The van der Waals surface area contributed by atoms with Crippen LogP contribution in [0.5, 0.6) is 0 Å². The highest BCUT2D eigenvalue weighted by molar-refractivity contribution is 5.95. The predicted molar refractivity (Wildman–Crippen MR) is 139 cm³/mol. The summed E-state index contributed by atoms with van der Waals surface area (Å²) in [7, 11) is 0. The van der Waals surface area contributed by atoms with Crippen molar-refractivity contribution in [3.63, 3.8) is 0 Å². The van der Waals surface area contributed by atoms with E-state index in [-0.39, 0.29) is 38.2 Å². The quantitative estimate of drug-likeness (QED) is 0.0452. The van der Waals surface area contributed by atoms with E-state index >= 15 is 0 Å². The Kier molecular flexibility index (Phi) is 14.5. The molecule has 4 unspecified atom stereocenters.